The van der Waals surface area contributed by atoms with E-state index in [0.717, 1.165) is 10.9 Å². The Labute approximate surface area is 105 Å². The van der Waals surface area contributed by atoms with Gasteiger partial charge in [0.05, 0.1) is 18.4 Å². The third-order valence-electron chi connectivity index (χ3n) is 2.62. The zero-order valence-electron chi connectivity index (χ0n) is 10.2. The highest BCUT2D eigenvalue weighted by Crippen LogP contribution is 2.17. The molecule has 0 unspecified atom stereocenters. The SMILES string of the molecule is C=C(CCNc1nc(=O)[nH]c2ccccc12)OC. The molecule has 0 spiro atoms. The Morgan fingerprint density at radius 1 is 1.50 bits per heavy atom. The fraction of sp³-hybridized carbons (Fsp3) is 0.231. The lowest BCUT2D eigenvalue weighted by molar-refractivity contribution is 0.281. The van der Waals surface area contributed by atoms with E-state index in [-0.39, 0.29) is 5.69 Å². The molecule has 0 aliphatic carbocycles. The maximum atomic E-state index is 11.4. The van der Waals surface area contributed by atoms with Crippen molar-refractivity contribution < 1.29 is 4.74 Å². The van der Waals surface area contributed by atoms with Gasteiger partial charge in [0.2, 0.25) is 0 Å². The van der Waals surface area contributed by atoms with E-state index in [1.165, 1.54) is 0 Å². The van der Waals surface area contributed by atoms with Crippen molar-refractivity contribution in [1.29, 1.82) is 0 Å². The molecular formula is C13H15N3O2. The van der Waals surface area contributed by atoms with Crippen LogP contribution < -0.4 is 11.0 Å². The number of hydrogen-bond acceptors (Lipinski definition) is 4. The highest BCUT2D eigenvalue weighted by atomic mass is 16.5. The first kappa shape index (κ1) is 12.2. The highest BCUT2D eigenvalue weighted by Gasteiger charge is 2.03. The number of benzene rings is 1. The largest absolute Gasteiger partial charge is 0.502 e. The Morgan fingerprint density at radius 3 is 3.06 bits per heavy atom. The van der Waals surface area contributed by atoms with Gasteiger partial charge in [0.1, 0.15) is 5.82 Å². The quantitative estimate of drug-likeness (QED) is 0.789. The average molecular weight is 245 g/mol. The molecule has 2 rings (SSSR count). The third-order valence-corrected chi connectivity index (χ3v) is 2.62. The van der Waals surface area contributed by atoms with E-state index >= 15 is 0 Å². The van der Waals surface area contributed by atoms with Gasteiger partial charge in [0.15, 0.2) is 0 Å². The molecule has 1 aromatic carbocycles. The van der Waals surface area contributed by atoms with Crippen LogP contribution in [0, 0.1) is 0 Å². The Balaban J connectivity index is 2.22. The summed E-state index contributed by atoms with van der Waals surface area (Å²) in [6.45, 7) is 4.35. The summed E-state index contributed by atoms with van der Waals surface area (Å²) in [5.74, 6) is 1.27. The predicted octanol–water partition coefficient (Wildman–Crippen LogP) is 1.89. The minimum atomic E-state index is -0.359. The minimum absolute atomic E-state index is 0.359. The molecule has 2 aromatic rings. The van der Waals surface area contributed by atoms with Crippen molar-refractivity contribution in [3.8, 4) is 0 Å². The molecule has 0 saturated carbocycles. The van der Waals surface area contributed by atoms with Gasteiger partial charge in [0, 0.05) is 18.4 Å². The number of nitrogens with one attached hydrogen (secondary N) is 2. The summed E-state index contributed by atoms with van der Waals surface area (Å²) in [5.41, 5.74) is 0.410. The third kappa shape index (κ3) is 2.68. The molecule has 0 atom stereocenters. The van der Waals surface area contributed by atoms with Crippen LogP contribution in [-0.4, -0.2) is 23.6 Å². The number of rotatable bonds is 5. The monoisotopic (exact) mass is 245 g/mol. The van der Waals surface area contributed by atoms with E-state index in [1.54, 1.807) is 7.11 Å². The number of fused-ring (bicyclic) bond motifs is 1. The number of aromatic nitrogens is 2. The molecule has 0 aliphatic heterocycles. The maximum absolute atomic E-state index is 11.4. The topological polar surface area (TPSA) is 67.0 Å². The summed E-state index contributed by atoms with van der Waals surface area (Å²) in [7, 11) is 1.59. The predicted molar refractivity (Wildman–Crippen MR) is 71.6 cm³/mol. The first-order chi connectivity index (χ1) is 8.70. The first-order valence-electron chi connectivity index (χ1n) is 5.65. The molecule has 18 heavy (non-hydrogen) atoms. The first-order valence-corrected chi connectivity index (χ1v) is 5.65. The van der Waals surface area contributed by atoms with Crippen LogP contribution in [0.1, 0.15) is 6.42 Å². The van der Waals surface area contributed by atoms with Crippen molar-refractivity contribution in [3.05, 3.63) is 47.1 Å². The molecule has 0 amide bonds. The van der Waals surface area contributed by atoms with Crippen molar-refractivity contribution >= 4 is 16.7 Å². The maximum Gasteiger partial charge on any atom is 0.347 e. The van der Waals surface area contributed by atoms with Crippen molar-refractivity contribution in [2.24, 2.45) is 0 Å². The molecule has 0 saturated heterocycles. The van der Waals surface area contributed by atoms with Gasteiger partial charge in [0.25, 0.3) is 0 Å². The van der Waals surface area contributed by atoms with E-state index in [1.807, 2.05) is 24.3 Å². The second kappa shape index (κ2) is 5.35. The molecule has 0 fully saturated rings. The highest BCUT2D eigenvalue weighted by molar-refractivity contribution is 5.88. The van der Waals surface area contributed by atoms with Crippen LogP contribution in [-0.2, 0) is 4.74 Å². The number of aromatic amines is 1. The fourth-order valence-corrected chi connectivity index (χ4v) is 1.66. The lowest BCUT2D eigenvalue weighted by Crippen LogP contribution is -2.15. The second-order valence-electron chi connectivity index (χ2n) is 3.86. The second-order valence-corrected chi connectivity index (χ2v) is 3.86. The van der Waals surface area contributed by atoms with Crippen LogP contribution in [0.5, 0.6) is 0 Å². The number of para-hydroxylation sites is 1. The van der Waals surface area contributed by atoms with E-state index in [9.17, 15) is 4.79 Å². The molecule has 1 heterocycles. The van der Waals surface area contributed by atoms with E-state index < -0.39 is 0 Å². The van der Waals surface area contributed by atoms with Crippen LogP contribution in [0.2, 0.25) is 0 Å². The number of methoxy groups -OCH3 is 1. The molecule has 5 heteroatoms. The summed E-state index contributed by atoms with van der Waals surface area (Å²) >= 11 is 0. The van der Waals surface area contributed by atoms with E-state index in [4.69, 9.17) is 4.74 Å². The smallest absolute Gasteiger partial charge is 0.347 e. The number of H-pyrrole nitrogens is 1. The molecule has 0 radical (unpaired) electrons. The van der Waals surface area contributed by atoms with Crippen molar-refractivity contribution in [2.75, 3.05) is 19.0 Å². The molecule has 0 aliphatic rings. The van der Waals surface area contributed by atoms with Crippen LogP contribution >= 0.6 is 0 Å². The van der Waals surface area contributed by atoms with Crippen molar-refractivity contribution in [3.63, 3.8) is 0 Å². The van der Waals surface area contributed by atoms with Crippen molar-refractivity contribution in [1.82, 2.24) is 9.97 Å². The zero-order valence-corrected chi connectivity index (χ0v) is 10.2. The molecule has 0 bridgehead atoms. The lowest BCUT2D eigenvalue weighted by Gasteiger charge is -2.08. The Morgan fingerprint density at radius 2 is 2.28 bits per heavy atom. The van der Waals surface area contributed by atoms with E-state index in [0.29, 0.717) is 24.5 Å². The van der Waals surface area contributed by atoms with Crippen LogP contribution in [0.25, 0.3) is 10.9 Å². The number of ether oxygens (including phenoxy) is 1. The molecule has 2 N–H and O–H groups in total. The average Bonchev–Trinajstić information content (AvgIpc) is 2.38. The Bertz CT molecular complexity index is 619. The number of nitrogens with zero attached hydrogens (tertiary/aromatic N) is 1. The lowest BCUT2D eigenvalue weighted by atomic mass is 10.2. The van der Waals surface area contributed by atoms with Crippen LogP contribution in [0.4, 0.5) is 5.82 Å². The van der Waals surface area contributed by atoms with Gasteiger partial charge in [-0.1, -0.05) is 18.7 Å². The Kier molecular flexibility index (Phi) is 3.62. The summed E-state index contributed by atoms with van der Waals surface area (Å²) in [4.78, 5) is 18.0. The Hall–Kier alpha value is -2.30. The van der Waals surface area contributed by atoms with Gasteiger partial charge in [-0.15, -0.1) is 0 Å². The van der Waals surface area contributed by atoms with E-state index in [2.05, 4.69) is 21.9 Å². The number of anilines is 1. The van der Waals surface area contributed by atoms with Crippen LogP contribution in [0.15, 0.2) is 41.4 Å². The van der Waals surface area contributed by atoms with Crippen molar-refractivity contribution in [2.45, 2.75) is 6.42 Å². The summed E-state index contributed by atoms with van der Waals surface area (Å²) in [6.07, 6.45) is 0.666. The molecule has 94 valence electrons. The van der Waals surface area contributed by atoms with Gasteiger partial charge >= 0.3 is 5.69 Å². The summed E-state index contributed by atoms with van der Waals surface area (Å²) in [5, 5.41) is 4.01. The number of hydrogen-bond donors (Lipinski definition) is 2. The summed E-state index contributed by atoms with van der Waals surface area (Å²) in [6, 6.07) is 7.53. The van der Waals surface area contributed by atoms with Gasteiger partial charge < -0.3 is 15.0 Å². The molecular weight excluding hydrogens is 230 g/mol. The normalized spacial score (nSPS) is 10.3. The standard InChI is InChI=1S/C13H15N3O2/c1-9(18-2)7-8-14-12-10-5-3-4-6-11(10)15-13(17)16-12/h3-6H,1,7-8H2,2H3,(H2,14,15,16,17). The van der Waals surface area contributed by atoms with Gasteiger partial charge in [-0.25, -0.2) is 4.79 Å². The van der Waals surface area contributed by atoms with Crippen LogP contribution in [0.3, 0.4) is 0 Å². The molecule has 5 nitrogen and oxygen atoms in total. The van der Waals surface area contributed by atoms with Gasteiger partial charge in [-0.2, -0.15) is 4.98 Å². The fourth-order valence-electron chi connectivity index (χ4n) is 1.66. The zero-order chi connectivity index (χ0) is 13.0. The minimum Gasteiger partial charge on any atom is -0.502 e. The summed E-state index contributed by atoms with van der Waals surface area (Å²) < 4.78 is 4.98. The van der Waals surface area contributed by atoms with Gasteiger partial charge in [-0.05, 0) is 12.1 Å². The molecule has 1 aromatic heterocycles. The van der Waals surface area contributed by atoms with Gasteiger partial charge in [-0.3, -0.25) is 0 Å².